The van der Waals surface area contributed by atoms with Crippen LogP contribution in [-0.2, 0) is 28.5 Å². The summed E-state index contributed by atoms with van der Waals surface area (Å²) in [6.07, 6.45) is -4.52. The van der Waals surface area contributed by atoms with E-state index in [1.807, 2.05) is 5.32 Å². The van der Waals surface area contributed by atoms with Gasteiger partial charge in [-0.05, 0) is 13.8 Å². The van der Waals surface area contributed by atoms with Crippen LogP contribution in [0.4, 0.5) is 15.0 Å². The summed E-state index contributed by atoms with van der Waals surface area (Å²) in [6, 6.07) is 0. The molecule has 0 aromatic carbocycles. The number of rotatable bonds is 5. The van der Waals surface area contributed by atoms with E-state index in [1.54, 1.807) is 6.92 Å². The molecule has 1 aliphatic heterocycles. The van der Waals surface area contributed by atoms with Crippen molar-refractivity contribution in [2.75, 3.05) is 11.9 Å². The second kappa shape index (κ2) is 8.78. The highest BCUT2D eigenvalue weighted by Crippen LogP contribution is 2.33. The minimum Gasteiger partial charge on any atom is -0.456 e. The summed E-state index contributed by atoms with van der Waals surface area (Å²) in [5, 5.41) is 2.00. The molecule has 1 aromatic heterocycles. The number of aromatic nitrogens is 2. The highest BCUT2D eigenvalue weighted by atomic mass is 19.1. The predicted octanol–water partition coefficient (Wildman–Crippen LogP) is 0.731. The fraction of sp³-hybridized carbons (Fsp3) is 0.562. The van der Waals surface area contributed by atoms with Crippen molar-refractivity contribution in [3.63, 3.8) is 0 Å². The van der Waals surface area contributed by atoms with Gasteiger partial charge in [-0.3, -0.25) is 19.5 Å². The number of nitrogens with one attached hydrogen (secondary N) is 1. The van der Waals surface area contributed by atoms with Crippen LogP contribution in [0.25, 0.3) is 0 Å². The number of halogens is 1. The predicted molar refractivity (Wildman–Crippen MR) is 89.8 cm³/mol. The Balaban J connectivity index is 2.37. The average Bonchev–Trinajstić information content (AvgIpc) is 2.86. The zero-order valence-corrected chi connectivity index (χ0v) is 15.6. The van der Waals surface area contributed by atoms with Gasteiger partial charge in [-0.1, -0.05) is 0 Å². The monoisotopic (exact) mass is 401 g/mol. The number of hydrogen-bond acceptors (Lipinski definition) is 9. The van der Waals surface area contributed by atoms with Gasteiger partial charge < -0.3 is 18.9 Å². The van der Waals surface area contributed by atoms with Gasteiger partial charge in [0.1, 0.15) is 0 Å². The molecule has 28 heavy (non-hydrogen) atoms. The number of amides is 1. The second-order valence-electron chi connectivity index (χ2n) is 5.85. The molecule has 0 saturated carbocycles. The molecule has 1 aliphatic rings. The van der Waals surface area contributed by atoms with Crippen LogP contribution in [0.15, 0.2) is 11.0 Å². The maximum atomic E-state index is 14.3. The Morgan fingerprint density at radius 3 is 2.43 bits per heavy atom. The van der Waals surface area contributed by atoms with E-state index in [1.165, 1.54) is 6.92 Å². The van der Waals surface area contributed by atoms with E-state index in [4.69, 9.17) is 14.2 Å². The largest absolute Gasteiger partial charge is 0.456 e. The molecule has 4 atom stereocenters. The summed E-state index contributed by atoms with van der Waals surface area (Å²) in [5.41, 5.74) is -0.994. The molecule has 11 nitrogen and oxygen atoms in total. The Hall–Kier alpha value is -3.02. The van der Waals surface area contributed by atoms with E-state index >= 15 is 0 Å². The first kappa shape index (κ1) is 21.3. The fourth-order valence-corrected chi connectivity index (χ4v) is 2.68. The number of esters is 2. The topological polar surface area (TPSA) is 135 Å². The van der Waals surface area contributed by atoms with Crippen molar-refractivity contribution in [2.24, 2.45) is 0 Å². The van der Waals surface area contributed by atoms with Crippen molar-refractivity contribution < 1.29 is 37.7 Å². The normalized spacial score (nSPS) is 23.8. The fourth-order valence-electron chi connectivity index (χ4n) is 2.68. The van der Waals surface area contributed by atoms with Crippen molar-refractivity contribution in [1.29, 1.82) is 0 Å². The van der Waals surface area contributed by atoms with E-state index in [9.17, 15) is 23.6 Å². The van der Waals surface area contributed by atoms with Crippen molar-refractivity contribution in [3.8, 4) is 0 Å². The highest BCUT2D eigenvalue weighted by Gasteiger charge is 2.48. The molecule has 2 heterocycles. The van der Waals surface area contributed by atoms with E-state index in [0.29, 0.717) is 0 Å². The van der Waals surface area contributed by atoms with Crippen molar-refractivity contribution in [3.05, 3.63) is 22.5 Å². The Kier molecular flexibility index (Phi) is 6.67. The van der Waals surface area contributed by atoms with Gasteiger partial charge in [-0.15, -0.1) is 0 Å². The molecular formula is C16H20FN3O8. The summed E-state index contributed by atoms with van der Waals surface area (Å²) in [7, 11) is 0. The summed E-state index contributed by atoms with van der Waals surface area (Å²) in [5.74, 6) is -3.05. The van der Waals surface area contributed by atoms with Crippen LogP contribution in [0.1, 0.15) is 33.9 Å². The summed E-state index contributed by atoms with van der Waals surface area (Å²) >= 11 is 0. The first-order chi connectivity index (χ1) is 13.1. The Bertz CT molecular complexity index is 827. The molecule has 12 heteroatoms. The maximum absolute atomic E-state index is 14.3. The van der Waals surface area contributed by atoms with Gasteiger partial charge in [0.2, 0.25) is 0 Å². The molecule has 1 fully saturated rings. The van der Waals surface area contributed by atoms with Crippen LogP contribution in [0, 0.1) is 5.82 Å². The van der Waals surface area contributed by atoms with Gasteiger partial charge in [-0.25, -0.2) is 14.0 Å². The molecule has 1 aromatic rings. The van der Waals surface area contributed by atoms with E-state index in [0.717, 1.165) is 24.6 Å². The molecule has 1 amide bonds. The van der Waals surface area contributed by atoms with Crippen LogP contribution < -0.4 is 11.0 Å². The van der Waals surface area contributed by atoms with Crippen LogP contribution in [0.5, 0.6) is 0 Å². The lowest BCUT2D eigenvalue weighted by Crippen LogP contribution is -2.40. The number of anilines is 1. The second-order valence-corrected chi connectivity index (χ2v) is 5.85. The van der Waals surface area contributed by atoms with Gasteiger partial charge >= 0.3 is 23.7 Å². The molecule has 2 rings (SSSR count). The van der Waals surface area contributed by atoms with Gasteiger partial charge in [-0.2, -0.15) is 4.98 Å². The van der Waals surface area contributed by atoms with E-state index < -0.39 is 59.9 Å². The third kappa shape index (κ3) is 4.82. The van der Waals surface area contributed by atoms with Crippen LogP contribution in [0.2, 0.25) is 0 Å². The number of carbonyl (C=O) groups is 3. The third-order valence-corrected chi connectivity index (χ3v) is 3.70. The lowest BCUT2D eigenvalue weighted by atomic mass is 10.1. The molecule has 0 bridgehead atoms. The minimum atomic E-state index is -1.30. The molecule has 1 N–H and O–H groups in total. The maximum Gasteiger partial charge on any atom is 0.412 e. The van der Waals surface area contributed by atoms with Crippen molar-refractivity contribution in [2.45, 2.75) is 52.2 Å². The molecular weight excluding hydrogens is 381 g/mol. The summed E-state index contributed by atoms with van der Waals surface area (Å²) in [4.78, 5) is 50.0. The number of ether oxygens (including phenoxy) is 4. The molecule has 0 aliphatic carbocycles. The molecule has 0 spiro atoms. The van der Waals surface area contributed by atoms with Crippen LogP contribution >= 0.6 is 0 Å². The molecule has 1 saturated heterocycles. The third-order valence-electron chi connectivity index (χ3n) is 3.70. The van der Waals surface area contributed by atoms with Crippen LogP contribution in [-0.4, -0.2) is 52.5 Å². The first-order valence-electron chi connectivity index (χ1n) is 8.36. The zero-order valence-electron chi connectivity index (χ0n) is 15.6. The standard InChI is InChI=1S/C16H20FN3O8/c1-5-25-16(24)19-13-10(17)6-20(15(23)18-13)14-12(28-9(4)22)11(7(2)26-14)27-8(3)21/h6-7,11-12,14H,5H2,1-4H3,(H,18,19,23,24)/t7-,11-,12-,14-/m1/s1. The van der Waals surface area contributed by atoms with E-state index in [2.05, 4.69) is 9.72 Å². The number of carbonyl (C=O) groups excluding carboxylic acids is 3. The Morgan fingerprint density at radius 1 is 1.25 bits per heavy atom. The lowest BCUT2D eigenvalue weighted by Gasteiger charge is -2.23. The highest BCUT2D eigenvalue weighted by molar-refractivity contribution is 5.83. The van der Waals surface area contributed by atoms with Gasteiger partial charge in [0.05, 0.1) is 18.9 Å². The quantitative estimate of drug-likeness (QED) is 0.559. The molecule has 154 valence electrons. The van der Waals surface area contributed by atoms with Gasteiger partial charge in [0.15, 0.2) is 30.1 Å². The minimum absolute atomic E-state index is 0.0416. The van der Waals surface area contributed by atoms with Crippen molar-refractivity contribution in [1.82, 2.24) is 9.55 Å². The van der Waals surface area contributed by atoms with Crippen molar-refractivity contribution >= 4 is 23.8 Å². The zero-order chi connectivity index (χ0) is 21.0. The number of hydrogen-bond donors (Lipinski definition) is 1. The Labute approximate surface area is 158 Å². The number of nitrogens with zero attached hydrogens (tertiary/aromatic N) is 2. The van der Waals surface area contributed by atoms with E-state index in [-0.39, 0.29) is 6.61 Å². The SMILES string of the molecule is CCOC(=O)Nc1nc(=O)n([C@@H]2O[C@H](C)[C@@H](OC(C)=O)[C@H]2OC(C)=O)cc1F. The van der Waals surface area contributed by atoms with Gasteiger partial charge in [0, 0.05) is 13.8 Å². The lowest BCUT2D eigenvalue weighted by molar-refractivity contribution is -0.165. The summed E-state index contributed by atoms with van der Waals surface area (Å²) < 4.78 is 35.5. The van der Waals surface area contributed by atoms with Crippen LogP contribution in [0.3, 0.4) is 0 Å². The molecule has 0 radical (unpaired) electrons. The van der Waals surface area contributed by atoms with Gasteiger partial charge in [0.25, 0.3) is 0 Å². The molecule has 0 unspecified atom stereocenters. The first-order valence-corrected chi connectivity index (χ1v) is 8.36. The average molecular weight is 401 g/mol. The smallest absolute Gasteiger partial charge is 0.412 e. The Morgan fingerprint density at radius 2 is 1.86 bits per heavy atom. The summed E-state index contributed by atoms with van der Waals surface area (Å²) in [6.45, 7) is 5.41.